The maximum atomic E-state index is 13.9. The summed E-state index contributed by atoms with van der Waals surface area (Å²) in [6, 6.07) is 11.9. The van der Waals surface area contributed by atoms with Gasteiger partial charge in [-0.25, -0.2) is 8.78 Å². The summed E-state index contributed by atoms with van der Waals surface area (Å²) in [6.45, 7) is 13.7. The first-order chi connectivity index (χ1) is 16.7. The predicted molar refractivity (Wildman–Crippen MR) is 148 cm³/mol. The lowest BCUT2D eigenvalue weighted by Crippen LogP contribution is -2.01. The number of aryl methyl sites for hydroxylation is 2. The van der Waals surface area contributed by atoms with Crippen LogP contribution in [0.1, 0.15) is 81.7 Å². The molecule has 1 N–H and O–H groups in total. The van der Waals surface area contributed by atoms with E-state index in [0.29, 0.717) is 0 Å². The van der Waals surface area contributed by atoms with Gasteiger partial charge in [0.1, 0.15) is 11.6 Å². The maximum Gasteiger partial charge on any atom is 0.143 e. The molecule has 0 saturated carbocycles. The van der Waals surface area contributed by atoms with Crippen LogP contribution in [0.4, 0.5) is 8.78 Å². The SMILES string of the molecule is C=C/C(F)=C\N=C(C)CCC.CCCCc1c(C(C)c2ccc(C)cc2)[nH]c2cc(F)c(Cl)cc12. The van der Waals surface area contributed by atoms with Gasteiger partial charge < -0.3 is 4.98 Å². The highest BCUT2D eigenvalue weighted by molar-refractivity contribution is 6.31. The van der Waals surface area contributed by atoms with Crippen molar-refractivity contribution in [2.45, 2.75) is 72.6 Å². The van der Waals surface area contributed by atoms with E-state index >= 15 is 0 Å². The largest absolute Gasteiger partial charge is 0.358 e. The Morgan fingerprint density at radius 1 is 1.17 bits per heavy atom. The third-order valence-corrected chi connectivity index (χ3v) is 6.28. The van der Waals surface area contributed by atoms with Gasteiger partial charge in [0.05, 0.1) is 11.2 Å². The fourth-order valence-corrected chi connectivity index (χ4v) is 4.09. The molecule has 0 bridgehead atoms. The highest BCUT2D eigenvalue weighted by Crippen LogP contribution is 2.35. The fourth-order valence-electron chi connectivity index (χ4n) is 3.93. The monoisotopic (exact) mass is 498 g/mol. The number of hydrogen-bond donors (Lipinski definition) is 1. The third kappa shape index (κ3) is 8.17. The first-order valence-electron chi connectivity index (χ1n) is 12.3. The number of allylic oxidation sites excluding steroid dienone is 2. The maximum absolute atomic E-state index is 13.9. The molecule has 1 unspecified atom stereocenters. The zero-order chi connectivity index (χ0) is 26.0. The zero-order valence-electron chi connectivity index (χ0n) is 21.5. The second-order valence-electron chi connectivity index (χ2n) is 8.90. The van der Waals surface area contributed by atoms with Crippen LogP contribution in [0, 0.1) is 12.7 Å². The quantitative estimate of drug-likeness (QED) is 0.224. The van der Waals surface area contributed by atoms with E-state index in [1.807, 2.05) is 6.92 Å². The predicted octanol–water partition coefficient (Wildman–Crippen LogP) is 10.0. The molecule has 0 radical (unpaired) electrons. The average molecular weight is 499 g/mol. The molecule has 0 aliphatic rings. The summed E-state index contributed by atoms with van der Waals surface area (Å²) in [6.07, 6.45) is 7.50. The summed E-state index contributed by atoms with van der Waals surface area (Å²) in [5.41, 5.74) is 6.73. The summed E-state index contributed by atoms with van der Waals surface area (Å²) in [7, 11) is 0. The number of aliphatic imine (C=N–C) groups is 1. The van der Waals surface area contributed by atoms with E-state index in [0.717, 1.165) is 54.8 Å². The number of unbranched alkanes of at least 4 members (excludes halogenated alkanes) is 1. The Hall–Kier alpha value is -2.72. The highest BCUT2D eigenvalue weighted by atomic mass is 35.5. The van der Waals surface area contributed by atoms with Gasteiger partial charge in [-0.2, -0.15) is 0 Å². The van der Waals surface area contributed by atoms with Gasteiger partial charge >= 0.3 is 0 Å². The van der Waals surface area contributed by atoms with Gasteiger partial charge in [0.15, 0.2) is 0 Å². The van der Waals surface area contributed by atoms with Crippen LogP contribution in [0.3, 0.4) is 0 Å². The van der Waals surface area contributed by atoms with E-state index in [2.05, 4.69) is 68.5 Å². The van der Waals surface area contributed by atoms with Crippen LogP contribution >= 0.6 is 11.6 Å². The molecule has 3 rings (SSSR count). The van der Waals surface area contributed by atoms with E-state index in [1.54, 1.807) is 6.07 Å². The molecular weight excluding hydrogens is 462 g/mol. The Morgan fingerprint density at radius 3 is 2.46 bits per heavy atom. The number of nitrogens with one attached hydrogen (secondary N) is 1. The third-order valence-electron chi connectivity index (χ3n) is 5.99. The van der Waals surface area contributed by atoms with E-state index < -0.39 is 0 Å². The lowest BCUT2D eigenvalue weighted by atomic mass is 9.92. The molecule has 0 aliphatic carbocycles. The molecule has 1 atom stereocenters. The van der Waals surface area contributed by atoms with Gasteiger partial charge in [-0.3, -0.25) is 4.99 Å². The number of rotatable bonds is 9. The Balaban J connectivity index is 0.000000334. The van der Waals surface area contributed by atoms with E-state index in [-0.39, 0.29) is 22.6 Å². The summed E-state index contributed by atoms with van der Waals surface area (Å²) < 4.78 is 26.2. The molecule has 1 heterocycles. The Morgan fingerprint density at radius 2 is 1.86 bits per heavy atom. The van der Waals surface area contributed by atoms with Crippen LogP contribution in [0.5, 0.6) is 0 Å². The van der Waals surface area contributed by atoms with Gasteiger partial charge in [-0.05, 0) is 62.4 Å². The summed E-state index contributed by atoms with van der Waals surface area (Å²) in [5, 5.41) is 1.23. The van der Waals surface area contributed by atoms with Gasteiger partial charge in [-0.15, -0.1) is 0 Å². The normalized spacial score (nSPS) is 12.9. The van der Waals surface area contributed by atoms with Gasteiger partial charge in [0, 0.05) is 28.2 Å². The van der Waals surface area contributed by atoms with Gasteiger partial charge in [-0.1, -0.05) is 81.6 Å². The number of halogens is 3. The van der Waals surface area contributed by atoms with Crippen LogP contribution in [-0.4, -0.2) is 10.7 Å². The molecule has 188 valence electrons. The number of nitrogens with zero attached hydrogens (tertiary/aromatic N) is 1. The lowest BCUT2D eigenvalue weighted by molar-refractivity contribution is 0.630. The number of aromatic nitrogens is 1. The second-order valence-corrected chi connectivity index (χ2v) is 9.30. The standard InChI is InChI=1S/C21H23ClFN.C9H14FN/c1-4-5-6-16-17-11-18(22)19(23)12-20(17)24-21(16)14(3)15-9-7-13(2)8-10-15;1-4-6-8(3)11-7-9(10)5-2/h7-12,14,24H,4-6H2,1-3H3;5,7H,2,4,6H2,1,3H3/b;9-7+,11-8?. The van der Waals surface area contributed by atoms with Crippen molar-refractivity contribution in [1.29, 1.82) is 0 Å². The average Bonchev–Trinajstić information content (AvgIpc) is 3.19. The molecule has 35 heavy (non-hydrogen) atoms. The molecule has 2 aromatic carbocycles. The lowest BCUT2D eigenvalue weighted by Gasteiger charge is -2.14. The Kier molecular flexibility index (Phi) is 11.4. The van der Waals surface area contributed by atoms with Crippen molar-refractivity contribution < 1.29 is 8.78 Å². The van der Waals surface area contributed by atoms with E-state index in [4.69, 9.17) is 11.6 Å². The van der Waals surface area contributed by atoms with Crippen LogP contribution < -0.4 is 0 Å². The number of H-pyrrole nitrogens is 1. The van der Waals surface area contributed by atoms with E-state index in [1.165, 1.54) is 34.7 Å². The van der Waals surface area contributed by atoms with Crippen LogP contribution in [-0.2, 0) is 6.42 Å². The number of hydrogen-bond acceptors (Lipinski definition) is 1. The number of aromatic amines is 1. The molecule has 0 spiro atoms. The first kappa shape index (κ1) is 28.5. The van der Waals surface area contributed by atoms with Crippen molar-refractivity contribution in [1.82, 2.24) is 4.98 Å². The minimum Gasteiger partial charge on any atom is -0.358 e. The Labute approximate surface area is 213 Å². The molecular formula is C30H37ClF2N2. The second kappa shape index (κ2) is 14.0. The smallest absolute Gasteiger partial charge is 0.143 e. The topological polar surface area (TPSA) is 28.1 Å². The van der Waals surface area contributed by atoms with Crippen molar-refractivity contribution in [3.8, 4) is 0 Å². The van der Waals surface area contributed by atoms with Crippen LogP contribution in [0.15, 0.2) is 66.1 Å². The minimum absolute atomic E-state index is 0.189. The molecule has 0 fully saturated rings. The summed E-state index contributed by atoms with van der Waals surface area (Å²) >= 11 is 6.03. The number of fused-ring (bicyclic) bond motifs is 1. The van der Waals surface area contributed by atoms with Crippen LogP contribution in [0.2, 0.25) is 5.02 Å². The molecule has 2 nitrogen and oxygen atoms in total. The van der Waals surface area contributed by atoms with Gasteiger partial charge in [0.25, 0.3) is 0 Å². The molecule has 0 aliphatic heterocycles. The van der Waals surface area contributed by atoms with Crippen molar-refractivity contribution >= 4 is 28.2 Å². The zero-order valence-corrected chi connectivity index (χ0v) is 22.3. The number of benzene rings is 2. The molecule has 0 saturated heterocycles. The van der Waals surface area contributed by atoms with Crippen molar-refractivity contribution in [3.63, 3.8) is 0 Å². The molecule has 3 aromatic rings. The Bertz CT molecular complexity index is 1170. The molecule has 1 aromatic heterocycles. The van der Waals surface area contributed by atoms with Crippen molar-refractivity contribution in [3.05, 3.63) is 94.3 Å². The fraction of sp³-hybridized carbons (Fsp3) is 0.367. The minimum atomic E-state index is -0.388. The van der Waals surface area contributed by atoms with E-state index in [9.17, 15) is 8.78 Å². The van der Waals surface area contributed by atoms with Crippen molar-refractivity contribution in [2.24, 2.45) is 4.99 Å². The highest BCUT2D eigenvalue weighted by Gasteiger charge is 2.19. The van der Waals surface area contributed by atoms with Crippen LogP contribution in [0.25, 0.3) is 10.9 Å². The molecule has 5 heteroatoms. The van der Waals surface area contributed by atoms with Crippen molar-refractivity contribution in [2.75, 3.05) is 0 Å². The first-order valence-corrected chi connectivity index (χ1v) is 12.7. The summed E-state index contributed by atoms with van der Waals surface area (Å²) in [5.74, 6) is -0.533. The molecule has 0 amide bonds. The summed E-state index contributed by atoms with van der Waals surface area (Å²) in [4.78, 5) is 7.35. The van der Waals surface area contributed by atoms with Gasteiger partial charge in [0.2, 0.25) is 0 Å².